The van der Waals surface area contributed by atoms with Gasteiger partial charge in [0.1, 0.15) is 11.9 Å². The van der Waals surface area contributed by atoms with Crippen LogP contribution in [0.5, 0.6) is 0 Å². The molecule has 1 fully saturated rings. The topological polar surface area (TPSA) is 76.1 Å². The normalized spacial score (nSPS) is 18.8. The van der Waals surface area contributed by atoms with Gasteiger partial charge in [0.15, 0.2) is 5.13 Å². The van der Waals surface area contributed by atoms with Gasteiger partial charge in [-0.15, -0.1) is 11.3 Å². The van der Waals surface area contributed by atoms with Gasteiger partial charge in [-0.3, -0.25) is 10.3 Å². The van der Waals surface area contributed by atoms with Crippen molar-refractivity contribution in [3.63, 3.8) is 0 Å². The van der Waals surface area contributed by atoms with Crippen LogP contribution in [0.1, 0.15) is 28.5 Å². The molecule has 144 valence electrons. The van der Waals surface area contributed by atoms with Crippen LogP contribution in [0.4, 0.5) is 14.3 Å². The molecule has 3 aromatic rings. The molecule has 3 heterocycles. The highest BCUT2D eigenvalue weighted by Crippen LogP contribution is 2.29. The van der Waals surface area contributed by atoms with E-state index in [0.29, 0.717) is 18.2 Å². The zero-order valence-electron chi connectivity index (χ0n) is 15.0. The summed E-state index contributed by atoms with van der Waals surface area (Å²) in [7, 11) is 0. The summed E-state index contributed by atoms with van der Waals surface area (Å²) in [5.41, 5.74) is 1.98. The predicted molar refractivity (Wildman–Crippen MR) is 105 cm³/mol. The van der Waals surface area contributed by atoms with Crippen molar-refractivity contribution in [2.75, 3.05) is 11.9 Å². The predicted octanol–water partition coefficient (Wildman–Crippen LogP) is 3.92. The van der Waals surface area contributed by atoms with Gasteiger partial charge in [-0.05, 0) is 41.8 Å². The fraction of sp³-hybridized carbons (Fsp3) is 0.250. The second-order valence-electron chi connectivity index (χ2n) is 6.50. The molecule has 4 rings (SSSR count). The molecule has 1 aliphatic rings. The number of urea groups is 1. The molecular weight excluding hydrogens is 379 g/mol. The number of pyridine rings is 1. The Labute approximate surface area is 165 Å². The Morgan fingerprint density at radius 2 is 2.00 bits per heavy atom. The van der Waals surface area contributed by atoms with E-state index in [0.717, 1.165) is 22.4 Å². The molecular formula is C20H19FN4O2S. The van der Waals surface area contributed by atoms with Gasteiger partial charge in [-0.2, -0.15) is 0 Å². The second-order valence-corrected chi connectivity index (χ2v) is 7.62. The highest BCUT2D eigenvalue weighted by atomic mass is 32.1. The molecule has 2 aromatic heterocycles. The largest absolute Gasteiger partial charge is 0.371 e. The van der Waals surface area contributed by atoms with E-state index in [1.54, 1.807) is 30.7 Å². The fourth-order valence-electron chi connectivity index (χ4n) is 3.17. The number of ether oxygens (including phenoxy) is 1. The first kappa shape index (κ1) is 18.5. The number of anilines is 1. The van der Waals surface area contributed by atoms with Crippen LogP contribution in [0.25, 0.3) is 0 Å². The highest BCUT2D eigenvalue weighted by Gasteiger charge is 2.31. The van der Waals surface area contributed by atoms with E-state index >= 15 is 0 Å². The molecule has 0 aliphatic carbocycles. The van der Waals surface area contributed by atoms with Gasteiger partial charge >= 0.3 is 6.03 Å². The number of amides is 2. The lowest BCUT2D eigenvalue weighted by molar-refractivity contribution is 0.100. The van der Waals surface area contributed by atoms with Gasteiger partial charge < -0.3 is 10.1 Å². The third kappa shape index (κ3) is 4.52. The lowest BCUT2D eigenvalue weighted by atomic mass is 10.0. The van der Waals surface area contributed by atoms with Crippen molar-refractivity contribution in [1.29, 1.82) is 0 Å². The third-order valence-corrected chi connectivity index (χ3v) is 5.42. The van der Waals surface area contributed by atoms with Crippen molar-refractivity contribution in [1.82, 2.24) is 15.3 Å². The summed E-state index contributed by atoms with van der Waals surface area (Å²) >= 11 is 1.40. The number of benzene rings is 1. The quantitative estimate of drug-likeness (QED) is 0.683. The van der Waals surface area contributed by atoms with Gasteiger partial charge in [0.2, 0.25) is 0 Å². The van der Waals surface area contributed by atoms with Gasteiger partial charge in [-0.1, -0.05) is 12.1 Å². The van der Waals surface area contributed by atoms with Crippen molar-refractivity contribution in [2.45, 2.75) is 25.0 Å². The van der Waals surface area contributed by atoms with Crippen LogP contribution in [0.3, 0.4) is 0 Å². The number of aromatic nitrogens is 2. The lowest BCUT2D eigenvalue weighted by Crippen LogP contribution is -2.39. The number of carbonyl (C=O) groups excluding carboxylic acids is 1. The van der Waals surface area contributed by atoms with Crippen molar-refractivity contribution < 1.29 is 13.9 Å². The van der Waals surface area contributed by atoms with E-state index in [-0.39, 0.29) is 24.0 Å². The minimum absolute atomic E-state index is 0.110. The van der Waals surface area contributed by atoms with Crippen LogP contribution in [0.2, 0.25) is 0 Å². The third-order valence-electron chi connectivity index (χ3n) is 4.51. The Kier molecular flexibility index (Phi) is 5.59. The Bertz CT molecular complexity index is 933. The SMILES string of the molecule is O=C(Nc1ncc(Cc2ccc(F)cc2)s1)N[C@@H]1CCO[C@H]1c1ccncc1. The maximum Gasteiger partial charge on any atom is 0.321 e. The van der Waals surface area contributed by atoms with Crippen LogP contribution in [-0.2, 0) is 11.2 Å². The van der Waals surface area contributed by atoms with Crippen LogP contribution in [-0.4, -0.2) is 28.6 Å². The van der Waals surface area contributed by atoms with Gasteiger partial charge in [-0.25, -0.2) is 14.2 Å². The Hall–Kier alpha value is -2.84. The summed E-state index contributed by atoms with van der Waals surface area (Å²) in [5.74, 6) is -0.256. The summed E-state index contributed by atoms with van der Waals surface area (Å²) in [6.07, 6.45) is 6.36. The number of nitrogens with zero attached hydrogens (tertiary/aromatic N) is 2. The van der Waals surface area contributed by atoms with E-state index in [1.165, 1.54) is 23.5 Å². The number of hydrogen-bond acceptors (Lipinski definition) is 5. The molecule has 1 aliphatic heterocycles. The molecule has 2 atom stereocenters. The molecule has 28 heavy (non-hydrogen) atoms. The number of halogens is 1. The molecule has 1 aromatic carbocycles. The standard InChI is InChI=1S/C20H19FN4O2S/c21-15-3-1-13(2-4-15)11-16-12-23-20(28-16)25-19(26)24-17-7-10-27-18(17)14-5-8-22-9-6-14/h1-6,8-9,12,17-18H,7,10-11H2,(H2,23,24,25,26)/t17-,18+/m1/s1. The minimum atomic E-state index is -0.308. The first-order chi connectivity index (χ1) is 13.7. The van der Waals surface area contributed by atoms with Crippen molar-refractivity contribution in [3.8, 4) is 0 Å². The number of nitrogens with one attached hydrogen (secondary N) is 2. The molecule has 1 saturated heterocycles. The van der Waals surface area contributed by atoms with Crippen molar-refractivity contribution in [3.05, 3.63) is 76.8 Å². The molecule has 2 N–H and O–H groups in total. The number of rotatable bonds is 5. The Morgan fingerprint density at radius 3 is 2.79 bits per heavy atom. The summed E-state index contributed by atoms with van der Waals surface area (Å²) in [6.45, 7) is 0.594. The van der Waals surface area contributed by atoms with E-state index in [1.807, 2.05) is 12.1 Å². The zero-order valence-corrected chi connectivity index (χ0v) is 15.8. The molecule has 0 bridgehead atoms. The zero-order chi connectivity index (χ0) is 19.3. The molecule has 6 nitrogen and oxygen atoms in total. The summed E-state index contributed by atoms with van der Waals surface area (Å²) < 4.78 is 18.8. The number of hydrogen-bond donors (Lipinski definition) is 2. The molecule has 0 spiro atoms. The summed E-state index contributed by atoms with van der Waals surface area (Å²) in [4.78, 5) is 21.6. The number of thiazole rings is 1. The van der Waals surface area contributed by atoms with Gasteiger partial charge in [0.25, 0.3) is 0 Å². The van der Waals surface area contributed by atoms with Crippen molar-refractivity contribution in [2.24, 2.45) is 0 Å². The molecule has 8 heteroatoms. The van der Waals surface area contributed by atoms with Crippen LogP contribution in [0, 0.1) is 5.82 Å². The number of carbonyl (C=O) groups is 1. The monoisotopic (exact) mass is 398 g/mol. The van der Waals surface area contributed by atoms with Crippen LogP contribution < -0.4 is 10.6 Å². The molecule has 0 radical (unpaired) electrons. The van der Waals surface area contributed by atoms with E-state index < -0.39 is 0 Å². The average Bonchev–Trinajstić information content (AvgIpc) is 3.34. The second kappa shape index (κ2) is 8.45. The maximum absolute atomic E-state index is 13.0. The Balaban J connectivity index is 1.34. The smallest absolute Gasteiger partial charge is 0.321 e. The van der Waals surface area contributed by atoms with Gasteiger partial charge in [0, 0.05) is 36.5 Å². The first-order valence-corrected chi connectivity index (χ1v) is 9.77. The molecule has 2 amide bonds. The lowest BCUT2D eigenvalue weighted by Gasteiger charge is -2.20. The van der Waals surface area contributed by atoms with E-state index in [2.05, 4.69) is 20.6 Å². The first-order valence-electron chi connectivity index (χ1n) is 8.95. The van der Waals surface area contributed by atoms with Gasteiger partial charge in [0.05, 0.1) is 6.04 Å². The summed E-state index contributed by atoms with van der Waals surface area (Å²) in [5, 5.41) is 6.28. The highest BCUT2D eigenvalue weighted by molar-refractivity contribution is 7.15. The van der Waals surface area contributed by atoms with E-state index in [9.17, 15) is 9.18 Å². The average molecular weight is 398 g/mol. The molecule has 0 unspecified atom stereocenters. The van der Waals surface area contributed by atoms with Crippen LogP contribution >= 0.6 is 11.3 Å². The van der Waals surface area contributed by atoms with Crippen molar-refractivity contribution >= 4 is 22.5 Å². The fourth-order valence-corrected chi connectivity index (χ4v) is 4.01. The maximum atomic E-state index is 13.0. The summed E-state index contributed by atoms with van der Waals surface area (Å²) in [6, 6.07) is 9.73. The van der Waals surface area contributed by atoms with E-state index in [4.69, 9.17) is 4.74 Å². The molecule has 0 saturated carbocycles. The van der Waals surface area contributed by atoms with Crippen LogP contribution in [0.15, 0.2) is 55.0 Å². The minimum Gasteiger partial charge on any atom is -0.371 e. The Morgan fingerprint density at radius 1 is 1.21 bits per heavy atom.